The zero-order valence-electron chi connectivity index (χ0n) is 14.2. The van der Waals surface area contributed by atoms with E-state index < -0.39 is 11.7 Å². The molecule has 2 rings (SSSR count). The summed E-state index contributed by atoms with van der Waals surface area (Å²) in [4.78, 5) is 24.2. The molecule has 0 unspecified atom stereocenters. The van der Waals surface area contributed by atoms with Crippen LogP contribution in [0.5, 0.6) is 0 Å². The molecule has 0 bridgehead atoms. The van der Waals surface area contributed by atoms with Crippen molar-refractivity contribution in [2.24, 2.45) is 11.8 Å². The predicted octanol–water partition coefficient (Wildman–Crippen LogP) is 3.98. The third-order valence-electron chi connectivity index (χ3n) is 4.48. The Morgan fingerprint density at radius 2 is 1.68 bits per heavy atom. The van der Waals surface area contributed by atoms with Gasteiger partial charge in [-0.2, -0.15) is 13.2 Å². The number of rotatable bonds is 5. The molecule has 25 heavy (non-hydrogen) atoms. The van der Waals surface area contributed by atoms with E-state index in [9.17, 15) is 22.8 Å². The zero-order chi connectivity index (χ0) is 18.4. The Labute approximate surface area is 145 Å². The highest BCUT2D eigenvalue weighted by Crippen LogP contribution is 2.32. The number of carbonyl (C=O) groups is 2. The van der Waals surface area contributed by atoms with Gasteiger partial charge in [0.15, 0.2) is 0 Å². The molecule has 1 saturated carbocycles. The van der Waals surface area contributed by atoms with Crippen LogP contribution in [0.1, 0.15) is 44.6 Å². The molecule has 0 radical (unpaired) electrons. The normalized spacial score (nSPS) is 20.8. The lowest BCUT2D eigenvalue weighted by Gasteiger charge is -2.27. The second kappa shape index (κ2) is 8.36. The topological polar surface area (TPSA) is 58.2 Å². The summed E-state index contributed by atoms with van der Waals surface area (Å²) in [5, 5.41) is 5.42. The number of anilines is 1. The van der Waals surface area contributed by atoms with E-state index in [1.54, 1.807) is 0 Å². The van der Waals surface area contributed by atoms with Crippen LogP contribution in [0.15, 0.2) is 24.3 Å². The van der Waals surface area contributed by atoms with Crippen LogP contribution in [0.2, 0.25) is 0 Å². The van der Waals surface area contributed by atoms with Crippen LogP contribution in [0.4, 0.5) is 18.9 Å². The molecule has 0 aliphatic heterocycles. The molecule has 138 valence electrons. The number of alkyl halides is 3. The average molecular weight is 356 g/mol. The van der Waals surface area contributed by atoms with Crippen molar-refractivity contribution >= 4 is 17.5 Å². The fourth-order valence-corrected chi connectivity index (χ4v) is 3.03. The molecule has 0 heterocycles. The zero-order valence-corrected chi connectivity index (χ0v) is 14.2. The first-order valence-electron chi connectivity index (χ1n) is 8.57. The van der Waals surface area contributed by atoms with Gasteiger partial charge >= 0.3 is 6.18 Å². The number of carbonyl (C=O) groups excluding carboxylic acids is 2. The number of hydrogen-bond acceptors (Lipinski definition) is 2. The van der Waals surface area contributed by atoms with Gasteiger partial charge in [-0.1, -0.05) is 13.0 Å². The SMILES string of the molecule is CCCNC(=O)C1CCC(C(=O)Nc2cccc(C(F)(F)F)c2)CC1. The summed E-state index contributed by atoms with van der Waals surface area (Å²) in [6.45, 7) is 2.63. The van der Waals surface area contributed by atoms with E-state index in [1.807, 2.05) is 6.92 Å². The Hall–Kier alpha value is -2.05. The molecule has 1 fully saturated rings. The largest absolute Gasteiger partial charge is 0.416 e. The third-order valence-corrected chi connectivity index (χ3v) is 4.48. The lowest BCUT2D eigenvalue weighted by atomic mass is 9.81. The molecule has 2 N–H and O–H groups in total. The van der Waals surface area contributed by atoms with Crippen molar-refractivity contribution < 1.29 is 22.8 Å². The highest BCUT2D eigenvalue weighted by atomic mass is 19.4. The van der Waals surface area contributed by atoms with Gasteiger partial charge in [0, 0.05) is 24.1 Å². The van der Waals surface area contributed by atoms with Crippen LogP contribution in [-0.4, -0.2) is 18.4 Å². The third kappa shape index (κ3) is 5.47. The van der Waals surface area contributed by atoms with Gasteiger partial charge in [0.05, 0.1) is 5.56 Å². The van der Waals surface area contributed by atoms with Crippen LogP contribution in [-0.2, 0) is 15.8 Å². The van der Waals surface area contributed by atoms with Crippen LogP contribution >= 0.6 is 0 Å². The van der Waals surface area contributed by atoms with E-state index in [2.05, 4.69) is 10.6 Å². The van der Waals surface area contributed by atoms with E-state index >= 15 is 0 Å². The highest BCUT2D eigenvalue weighted by molar-refractivity contribution is 5.92. The molecule has 4 nitrogen and oxygen atoms in total. The summed E-state index contributed by atoms with van der Waals surface area (Å²) >= 11 is 0. The Balaban J connectivity index is 1.88. The van der Waals surface area contributed by atoms with Crippen molar-refractivity contribution in [3.8, 4) is 0 Å². The summed E-state index contributed by atoms with van der Waals surface area (Å²) in [5.74, 6) is -0.612. The first-order chi connectivity index (χ1) is 11.8. The fraction of sp³-hybridized carbons (Fsp3) is 0.556. The standard InChI is InChI=1S/C18H23F3N2O2/c1-2-10-22-16(24)12-6-8-13(9-7-12)17(25)23-15-5-3-4-14(11-15)18(19,20)21/h3-5,11-13H,2,6-10H2,1H3,(H,22,24)(H,23,25). The number of nitrogens with one attached hydrogen (secondary N) is 2. The summed E-state index contributed by atoms with van der Waals surface area (Å²) in [7, 11) is 0. The predicted molar refractivity (Wildman–Crippen MR) is 88.8 cm³/mol. The molecule has 0 saturated heterocycles. The monoisotopic (exact) mass is 356 g/mol. The number of amides is 2. The first kappa shape index (κ1) is 19.3. The van der Waals surface area contributed by atoms with Gasteiger partial charge < -0.3 is 10.6 Å². The van der Waals surface area contributed by atoms with Gasteiger partial charge in [-0.25, -0.2) is 0 Å². The Bertz CT molecular complexity index is 609. The molecule has 1 aromatic rings. The van der Waals surface area contributed by atoms with Crippen molar-refractivity contribution in [3.05, 3.63) is 29.8 Å². The Morgan fingerprint density at radius 1 is 1.08 bits per heavy atom. The quantitative estimate of drug-likeness (QED) is 0.838. The Kier molecular flexibility index (Phi) is 6.45. The van der Waals surface area contributed by atoms with Gasteiger partial charge in [-0.3, -0.25) is 9.59 Å². The second-order valence-electron chi connectivity index (χ2n) is 6.41. The lowest BCUT2D eigenvalue weighted by molar-refractivity contribution is -0.137. The maximum Gasteiger partial charge on any atom is 0.416 e. The molecule has 1 aromatic carbocycles. The van der Waals surface area contributed by atoms with Gasteiger partial charge in [-0.05, 0) is 50.3 Å². The van der Waals surface area contributed by atoms with E-state index in [0.717, 1.165) is 18.6 Å². The summed E-state index contributed by atoms with van der Waals surface area (Å²) in [5.41, 5.74) is -0.649. The molecule has 7 heteroatoms. The van der Waals surface area contributed by atoms with Crippen LogP contribution in [0.3, 0.4) is 0 Å². The van der Waals surface area contributed by atoms with E-state index in [-0.39, 0.29) is 29.3 Å². The molecule has 0 spiro atoms. The lowest BCUT2D eigenvalue weighted by Crippen LogP contribution is -2.35. The van der Waals surface area contributed by atoms with Crippen LogP contribution in [0, 0.1) is 11.8 Å². The minimum absolute atomic E-state index is 0.0265. The average Bonchev–Trinajstić information content (AvgIpc) is 2.59. The van der Waals surface area contributed by atoms with E-state index in [1.165, 1.54) is 12.1 Å². The first-order valence-corrected chi connectivity index (χ1v) is 8.57. The van der Waals surface area contributed by atoms with Crippen molar-refractivity contribution in [1.29, 1.82) is 0 Å². The Morgan fingerprint density at radius 3 is 2.24 bits per heavy atom. The van der Waals surface area contributed by atoms with Crippen molar-refractivity contribution in [1.82, 2.24) is 5.32 Å². The summed E-state index contributed by atoms with van der Waals surface area (Å²) < 4.78 is 38.1. The molecule has 0 aromatic heterocycles. The highest BCUT2D eigenvalue weighted by Gasteiger charge is 2.32. The van der Waals surface area contributed by atoms with Crippen molar-refractivity contribution in [2.45, 2.75) is 45.2 Å². The van der Waals surface area contributed by atoms with Gasteiger partial charge in [0.1, 0.15) is 0 Å². The fourth-order valence-electron chi connectivity index (χ4n) is 3.03. The second-order valence-corrected chi connectivity index (χ2v) is 6.41. The smallest absolute Gasteiger partial charge is 0.356 e. The van der Waals surface area contributed by atoms with Crippen LogP contribution < -0.4 is 10.6 Å². The van der Waals surface area contributed by atoms with Crippen molar-refractivity contribution in [2.75, 3.05) is 11.9 Å². The van der Waals surface area contributed by atoms with E-state index in [0.29, 0.717) is 32.2 Å². The minimum Gasteiger partial charge on any atom is -0.356 e. The van der Waals surface area contributed by atoms with Gasteiger partial charge in [0.25, 0.3) is 0 Å². The number of hydrogen-bond donors (Lipinski definition) is 2. The van der Waals surface area contributed by atoms with Crippen molar-refractivity contribution in [3.63, 3.8) is 0 Å². The molecular formula is C18H23F3N2O2. The van der Waals surface area contributed by atoms with Crippen LogP contribution in [0.25, 0.3) is 0 Å². The molecule has 0 atom stereocenters. The maximum atomic E-state index is 12.7. The number of halogens is 3. The molecule has 1 aliphatic carbocycles. The molecular weight excluding hydrogens is 333 g/mol. The maximum absolute atomic E-state index is 12.7. The number of benzene rings is 1. The minimum atomic E-state index is -4.44. The van der Waals surface area contributed by atoms with Gasteiger partial charge in [-0.15, -0.1) is 0 Å². The summed E-state index contributed by atoms with van der Waals surface area (Å²) in [6, 6.07) is 4.61. The molecule has 2 amide bonds. The van der Waals surface area contributed by atoms with E-state index in [4.69, 9.17) is 0 Å². The summed E-state index contributed by atoms with van der Waals surface area (Å²) in [6.07, 6.45) is -1.19. The van der Waals surface area contributed by atoms with Gasteiger partial charge in [0.2, 0.25) is 11.8 Å². The molecule has 1 aliphatic rings.